The van der Waals surface area contributed by atoms with Crippen LogP contribution in [0, 0.1) is 17.8 Å². The maximum absolute atomic E-state index is 11.9. The third-order valence-corrected chi connectivity index (χ3v) is 3.50. The monoisotopic (exact) mass is 262 g/mol. The van der Waals surface area contributed by atoms with Crippen molar-refractivity contribution in [2.45, 2.75) is 40.5 Å². The Kier molecular flexibility index (Phi) is 6.61. The van der Waals surface area contributed by atoms with E-state index in [9.17, 15) is 4.79 Å². The van der Waals surface area contributed by atoms with Gasteiger partial charge in [-0.05, 0) is 36.3 Å². The van der Waals surface area contributed by atoms with Crippen molar-refractivity contribution < 1.29 is 9.53 Å². The van der Waals surface area contributed by atoms with Crippen molar-refractivity contribution in [3.8, 4) is 0 Å². The Morgan fingerprint density at radius 1 is 1.05 bits per heavy atom. The van der Waals surface area contributed by atoms with Gasteiger partial charge in [0.05, 0.1) is 12.2 Å². The van der Waals surface area contributed by atoms with Gasteiger partial charge in [-0.15, -0.1) is 0 Å². The number of carbonyl (C=O) groups excluding carboxylic acids is 1. The van der Waals surface area contributed by atoms with Crippen molar-refractivity contribution in [3.63, 3.8) is 0 Å². The molecule has 0 aromatic heterocycles. The van der Waals surface area contributed by atoms with E-state index in [4.69, 9.17) is 4.74 Å². The smallest absolute Gasteiger partial charge is 0.338 e. The molecule has 1 aromatic rings. The number of hydrogen-bond donors (Lipinski definition) is 0. The molecular weight excluding hydrogens is 236 g/mol. The summed E-state index contributed by atoms with van der Waals surface area (Å²) < 4.78 is 5.44. The molecule has 0 saturated carbocycles. The fraction of sp³-hybridized carbons (Fsp3) is 0.588. The van der Waals surface area contributed by atoms with E-state index in [0.29, 0.717) is 29.9 Å². The summed E-state index contributed by atoms with van der Waals surface area (Å²) in [6.07, 6.45) is 2.31. The van der Waals surface area contributed by atoms with Gasteiger partial charge in [0.1, 0.15) is 0 Å². The van der Waals surface area contributed by atoms with Gasteiger partial charge >= 0.3 is 5.97 Å². The van der Waals surface area contributed by atoms with E-state index < -0.39 is 0 Å². The molecule has 0 saturated heterocycles. The number of hydrogen-bond acceptors (Lipinski definition) is 2. The second-order valence-electron chi connectivity index (χ2n) is 5.94. The summed E-state index contributed by atoms with van der Waals surface area (Å²) in [5.74, 6) is 1.49. The van der Waals surface area contributed by atoms with Crippen molar-refractivity contribution in [2.75, 3.05) is 6.61 Å². The minimum Gasteiger partial charge on any atom is -0.462 e. The van der Waals surface area contributed by atoms with Crippen molar-refractivity contribution in [3.05, 3.63) is 35.9 Å². The zero-order chi connectivity index (χ0) is 14.3. The van der Waals surface area contributed by atoms with E-state index in [0.717, 1.165) is 6.42 Å². The van der Waals surface area contributed by atoms with Gasteiger partial charge < -0.3 is 4.74 Å². The summed E-state index contributed by atoms with van der Waals surface area (Å²) in [7, 11) is 0. The van der Waals surface area contributed by atoms with Crippen LogP contribution in [0.5, 0.6) is 0 Å². The normalized spacial score (nSPS) is 12.7. The molecule has 0 aliphatic carbocycles. The predicted octanol–water partition coefficient (Wildman–Crippen LogP) is 4.55. The molecule has 2 heteroatoms. The van der Waals surface area contributed by atoms with E-state index >= 15 is 0 Å². The van der Waals surface area contributed by atoms with Crippen LogP contribution in [0.25, 0.3) is 0 Å². The topological polar surface area (TPSA) is 26.3 Å². The number of esters is 1. The van der Waals surface area contributed by atoms with Crippen molar-refractivity contribution in [2.24, 2.45) is 17.8 Å². The van der Waals surface area contributed by atoms with Crippen molar-refractivity contribution >= 4 is 5.97 Å². The Morgan fingerprint density at radius 2 is 1.68 bits per heavy atom. The first-order valence-electron chi connectivity index (χ1n) is 7.23. The zero-order valence-corrected chi connectivity index (χ0v) is 12.6. The van der Waals surface area contributed by atoms with Crippen molar-refractivity contribution in [1.29, 1.82) is 0 Å². The molecule has 1 atom stereocenters. The van der Waals surface area contributed by atoms with Crippen LogP contribution in [0.15, 0.2) is 30.3 Å². The molecule has 0 aliphatic heterocycles. The third kappa shape index (κ3) is 5.91. The minimum atomic E-state index is -0.212. The number of rotatable bonds is 7. The van der Waals surface area contributed by atoms with Crippen molar-refractivity contribution in [1.82, 2.24) is 0 Å². The molecule has 0 radical (unpaired) electrons. The summed E-state index contributed by atoms with van der Waals surface area (Å²) in [6, 6.07) is 9.20. The maximum Gasteiger partial charge on any atom is 0.338 e. The van der Waals surface area contributed by atoms with E-state index in [1.165, 1.54) is 6.42 Å². The van der Waals surface area contributed by atoms with E-state index in [2.05, 4.69) is 27.7 Å². The van der Waals surface area contributed by atoms with Crippen LogP contribution >= 0.6 is 0 Å². The third-order valence-electron chi connectivity index (χ3n) is 3.50. The molecule has 1 rings (SSSR count). The van der Waals surface area contributed by atoms with Crippen LogP contribution in [0.3, 0.4) is 0 Å². The fourth-order valence-corrected chi connectivity index (χ4v) is 2.00. The summed E-state index contributed by atoms with van der Waals surface area (Å²) >= 11 is 0. The SMILES string of the molecule is CC(C)CCC(COC(=O)c1ccccc1)C(C)C. The molecule has 0 bridgehead atoms. The van der Waals surface area contributed by atoms with E-state index in [1.54, 1.807) is 12.1 Å². The average molecular weight is 262 g/mol. The summed E-state index contributed by atoms with van der Waals surface area (Å²) in [4.78, 5) is 11.9. The van der Waals surface area contributed by atoms with Gasteiger partial charge in [0.2, 0.25) is 0 Å². The van der Waals surface area contributed by atoms with E-state index in [-0.39, 0.29) is 5.97 Å². The molecular formula is C17H26O2. The van der Waals surface area contributed by atoms with Gasteiger partial charge in [0.15, 0.2) is 0 Å². The summed E-state index contributed by atoms with van der Waals surface area (Å²) in [5.41, 5.74) is 0.633. The number of carbonyl (C=O) groups is 1. The molecule has 1 aromatic carbocycles. The molecule has 2 nitrogen and oxygen atoms in total. The second kappa shape index (κ2) is 7.98. The first kappa shape index (κ1) is 15.7. The lowest BCUT2D eigenvalue weighted by molar-refractivity contribution is 0.0390. The van der Waals surface area contributed by atoms with E-state index in [1.807, 2.05) is 18.2 Å². The highest BCUT2D eigenvalue weighted by Gasteiger charge is 2.17. The minimum absolute atomic E-state index is 0.212. The Bertz CT molecular complexity index is 368. The average Bonchev–Trinajstić information content (AvgIpc) is 2.38. The predicted molar refractivity (Wildman–Crippen MR) is 79.1 cm³/mol. The fourth-order valence-electron chi connectivity index (χ4n) is 2.00. The Labute approximate surface area is 117 Å². The molecule has 0 aliphatic rings. The molecule has 0 spiro atoms. The lowest BCUT2D eigenvalue weighted by Crippen LogP contribution is -2.19. The molecule has 0 N–H and O–H groups in total. The molecule has 0 heterocycles. The number of benzene rings is 1. The highest BCUT2D eigenvalue weighted by Crippen LogP contribution is 2.20. The lowest BCUT2D eigenvalue weighted by Gasteiger charge is -2.21. The van der Waals surface area contributed by atoms with Crippen LogP contribution in [-0.2, 0) is 4.74 Å². The Balaban J connectivity index is 2.45. The second-order valence-corrected chi connectivity index (χ2v) is 5.94. The Hall–Kier alpha value is -1.31. The zero-order valence-electron chi connectivity index (χ0n) is 12.6. The van der Waals surface area contributed by atoms with Gasteiger partial charge in [0, 0.05) is 0 Å². The quantitative estimate of drug-likeness (QED) is 0.674. The molecule has 0 fully saturated rings. The van der Waals surface area contributed by atoms with Gasteiger partial charge in [0.25, 0.3) is 0 Å². The molecule has 0 amide bonds. The molecule has 19 heavy (non-hydrogen) atoms. The van der Waals surface area contributed by atoms with Crippen LogP contribution in [-0.4, -0.2) is 12.6 Å². The standard InChI is InChI=1S/C17H26O2/c1-13(2)10-11-16(14(3)4)12-19-17(18)15-8-6-5-7-9-15/h5-9,13-14,16H,10-12H2,1-4H3. The van der Waals surface area contributed by atoms with Crippen LogP contribution in [0.4, 0.5) is 0 Å². The summed E-state index contributed by atoms with van der Waals surface area (Å²) in [5, 5.41) is 0. The van der Waals surface area contributed by atoms with Gasteiger partial charge in [-0.1, -0.05) is 52.3 Å². The largest absolute Gasteiger partial charge is 0.462 e. The first-order chi connectivity index (χ1) is 9.00. The van der Waals surface area contributed by atoms with Gasteiger partial charge in [-0.25, -0.2) is 4.79 Å². The maximum atomic E-state index is 11.9. The van der Waals surface area contributed by atoms with Crippen LogP contribution in [0.1, 0.15) is 50.9 Å². The summed E-state index contributed by atoms with van der Waals surface area (Å²) in [6.45, 7) is 9.38. The van der Waals surface area contributed by atoms with Gasteiger partial charge in [-0.3, -0.25) is 0 Å². The highest BCUT2D eigenvalue weighted by molar-refractivity contribution is 5.89. The number of ether oxygens (including phenoxy) is 1. The lowest BCUT2D eigenvalue weighted by atomic mass is 9.89. The first-order valence-corrected chi connectivity index (χ1v) is 7.23. The highest BCUT2D eigenvalue weighted by atomic mass is 16.5. The molecule has 1 unspecified atom stereocenters. The van der Waals surface area contributed by atoms with Crippen LogP contribution < -0.4 is 0 Å². The van der Waals surface area contributed by atoms with Crippen LogP contribution in [0.2, 0.25) is 0 Å². The molecule has 106 valence electrons. The Morgan fingerprint density at radius 3 is 2.21 bits per heavy atom. The van der Waals surface area contributed by atoms with Gasteiger partial charge in [-0.2, -0.15) is 0 Å².